The van der Waals surface area contributed by atoms with E-state index in [4.69, 9.17) is 9.16 Å². The molecule has 6 heteroatoms. The van der Waals surface area contributed by atoms with E-state index in [0.717, 1.165) is 5.56 Å². The second-order valence-electron chi connectivity index (χ2n) is 9.72. The summed E-state index contributed by atoms with van der Waals surface area (Å²) in [5.41, 5.74) is 1.24. The molecule has 1 aliphatic heterocycles. The Labute approximate surface area is 182 Å². The molecule has 0 bridgehead atoms. The molecule has 0 saturated heterocycles. The summed E-state index contributed by atoms with van der Waals surface area (Å²) in [4.78, 5) is 12.5. The Morgan fingerprint density at radius 2 is 1.77 bits per heavy atom. The summed E-state index contributed by atoms with van der Waals surface area (Å²) in [5, 5.41) is 15.6. The molecule has 165 valence electrons. The number of benzene rings is 1. The molecule has 2 unspecified atom stereocenters. The van der Waals surface area contributed by atoms with Gasteiger partial charge >= 0.3 is 0 Å². The topological polar surface area (TPSA) is 69.9 Å². The average molecular weight is 431 g/mol. The normalized spacial score (nSPS) is 17.2. The van der Waals surface area contributed by atoms with Gasteiger partial charge in [0.2, 0.25) is 5.78 Å². The number of aliphatic hydroxyl groups excluding tert-OH is 1. The van der Waals surface area contributed by atoms with Crippen LogP contribution in [-0.2, 0) is 20.6 Å². The number of hydrogen-bond donors (Lipinski definition) is 1. The molecule has 0 fully saturated rings. The molecule has 2 rings (SSSR count). The van der Waals surface area contributed by atoms with E-state index in [1.54, 1.807) is 0 Å². The Balaban J connectivity index is 2.22. The Kier molecular flexibility index (Phi) is 8.08. The minimum atomic E-state index is -1.97. The second kappa shape index (κ2) is 9.94. The molecule has 1 N–H and O–H groups in total. The first kappa shape index (κ1) is 24.4. The third kappa shape index (κ3) is 6.06. The maximum absolute atomic E-state index is 12.5. The highest BCUT2D eigenvalue weighted by molar-refractivity contribution is 6.74. The van der Waals surface area contributed by atoms with Crippen molar-refractivity contribution in [2.45, 2.75) is 65.5 Å². The van der Waals surface area contributed by atoms with Gasteiger partial charge in [0.15, 0.2) is 14.1 Å². The van der Waals surface area contributed by atoms with Crippen LogP contribution in [0, 0.1) is 11.8 Å². The standard InChI is InChI=1S/C24H36NO4Si/c1-17(2)19(16-29-30(6,7)24(3,4)5)22(27)21-23(20(26)13-14-25-21)28-15-18-11-9-8-10-12-18/h8-14,17,19,22,27H,15-16H2,1-7H3. The van der Waals surface area contributed by atoms with Crippen LogP contribution in [0.15, 0.2) is 54.1 Å². The van der Waals surface area contributed by atoms with Crippen molar-refractivity contribution in [3.63, 3.8) is 0 Å². The molecule has 1 aromatic carbocycles. The van der Waals surface area contributed by atoms with Gasteiger partial charge in [0.05, 0.1) is 0 Å². The smallest absolute Gasteiger partial charge is 0.223 e. The van der Waals surface area contributed by atoms with Crippen molar-refractivity contribution in [2.75, 3.05) is 6.61 Å². The fourth-order valence-electron chi connectivity index (χ4n) is 2.90. The molecule has 2 atom stereocenters. The van der Waals surface area contributed by atoms with Gasteiger partial charge in [-0.3, -0.25) is 10.1 Å². The van der Waals surface area contributed by atoms with Crippen molar-refractivity contribution in [1.82, 2.24) is 5.32 Å². The number of allylic oxidation sites excluding steroid dienone is 1. The van der Waals surface area contributed by atoms with Gasteiger partial charge in [-0.1, -0.05) is 65.0 Å². The van der Waals surface area contributed by atoms with Gasteiger partial charge in [-0.15, -0.1) is 0 Å². The molecule has 0 saturated carbocycles. The summed E-state index contributed by atoms with van der Waals surface area (Å²) in [6.45, 7) is 15.7. The first-order chi connectivity index (χ1) is 13.9. The van der Waals surface area contributed by atoms with Crippen LogP contribution in [0.25, 0.3) is 0 Å². The zero-order valence-corrected chi connectivity index (χ0v) is 20.3. The highest BCUT2D eigenvalue weighted by atomic mass is 28.4. The largest absolute Gasteiger partial charge is 0.483 e. The average Bonchev–Trinajstić information content (AvgIpc) is 2.66. The van der Waals surface area contributed by atoms with Crippen molar-refractivity contribution < 1.29 is 19.1 Å². The van der Waals surface area contributed by atoms with Crippen molar-refractivity contribution in [3.05, 3.63) is 59.6 Å². The summed E-state index contributed by atoms with van der Waals surface area (Å²) in [6.07, 6.45) is 1.85. The first-order valence-corrected chi connectivity index (χ1v) is 13.5. The Morgan fingerprint density at radius 1 is 1.13 bits per heavy atom. The monoisotopic (exact) mass is 430 g/mol. The number of rotatable bonds is 9. The predicted molar refractivity (Wildman–Crippen MR) is 122 cm³/mol. The zero-order chi connectivity index (χ0) is 22.5. The molecule has 0 spiro atoms. The van der Waals surface area contributed by atoms with Gasteiger partial charge in [0, 0.05) is 24.8 Å². The number of aliphatic hydroxyl groups is 1. The molecule has 0 aromatic heterocycles. The summed E-state index contributed by atoms with van der Waals surface area (Å²) >= 11 is 0. The third-order valence-corrected chi connectivity index (χ3v) is 10.6. The number of hydrogen-bond acceptors (Lipinski definition) is 4. The van der Waals surface area contributed by atoms with Crippen LogP contribution >= 0.6 is 0 Å². The van der Waals surface area contributed by atoms with E-state index in [-0.39, 0.29) is 40.7 Å². The fraction of sp³-hybridized carbons (Fsp3) is 0.542. The highest BCUT2D eigenvalue weighted by Crippen LogP contribution is 2.37. The van der Waals surface area contributed by atoms with Gasteiger partial charge in [-0.05, 0) is 29.6 Å². The lowest BCUT2D eigenvalue weighted by molar-refractivity contribution is -0.115. The molecular weight excluding hydrogens is 394 g/mol. The Bertz CT molecular complexity index is 778. The maximum atomic E-state index is 12.5. The Hall–Kier alpha value is -1.89. The molecule has 30 heavy (non-hydrogen) atoms. The molecule has 0 aliphatic carbocycles. The second-order valence-corrected chi connectivity index (χ2v) is 14.5. The van der Waals surface area contributed by atoms with Crippen molar-refractivity contribution in [3.8, 4) is 0 Å². The lowest BCUT2D eigenvalue weighted by Crippen LogP contribution is -2.44. The number of carbonyl (C=O) groups excluding carboxylic acids is 1. The lowest BCUT2D eigenvalue weighted by Gasteiger charge is -2.39. The number of carbonyl (C=O) groups is 1. The maximum Gasteiger partial charge on any atom is 0.223 e. The zero-order valence-electron chi connectivity index (χ0n) is 19.3. The van der Waals surface area contributed by atoms with E-state index >= 15 is 0 Å². The van der Waals surface area contributed by atoms with Crippen molar-refractivity contribution in [2.24, 2.45) is 11.8 Å². The predicted octanol–water partition coefficient (Wildman–Crippen LogP) is 4.77. The number of ketones is 1. The van der Waals surface area contributed by atoms with E-state index in [1.165, 1.54) is 12.3 Å². The van der Waals surface area contributed by atoms with Gasteiger partial charge in [-0.2, -0.15) is 0 Å². The van der Waals surface area contributed by atoms with Gasteiger partial charge in [-0.25, -0.2) is 0 Å². The SMILES string of the molecule is CC(C)C(CO[Si](C)(C)C(C)(C)C)C(O)C1=C(OCc2ccccc2)C(=O)C=C[N]1. The lowest BCUT2D eigenvalue weighted by atomic mass is 9.88. The van der Waals surface area contributed by atoms with Gasteiger partial charge < -0.3 is 14.3 Å². The summed E-state index contributed by atoms with van der Waals surface area (Å²) in [5.74, 6) is -0.217. The van der Waals surface area contributed by atoms with Crippen LogP contribution in [0.4, 0.5) is 0 Å². The molecule has 0 amide bonds. The van der Waals surface area contributed by atoms with Crippen LogP contribution in [0.2, 0.25) is 18.1 Å². The van der Waals surface area contributed by atoms with Crippen molar-refractivity contribution in [1.29, 1.82) is 0 Å². The molecule has 1 radical (unpaired) electrons. The third-order valence-electron chi connectivity index (χ3n) is 6.11. The van der Waals surface area contributed by atoms with E-state index in [0.29, 0.717) is 6.61 Å². The number of nitrogens with zero attached hydrogens (tertiary/aromatic N) is 1. The fourth-order valence-corrected chi connectivity index (χ4v) is 3.95. The minimum absolute atomic E-state index is 0.0800. The molecular formula is C24H36NO4Si. The van der Waals surface area contributed by atoms with E-state index < -0.39 is 14.4 Å². The Morgan fingerprint density at radius 3 is 2.33 bits per heavy atom. The van der Waals surface area contributed by atoms with E-state index in [1.807, 2.05) is 30.3 Å². The van der Waals surface area contributed by atoms with Crippen LogP contribution in [0.5, 0.6) is 0 Å². The summed E-state index contributed by atoms with van der Waals surface area (Å²) < 4.78 is 12.2. The van der Waals surface area contributed by atoms with Crippen LogP contribution in [0.1, 0.15) is 40.2 Å². The van der Waals surface area contributed by atoms with Crippen LogP contribution < -0.4 is 5.32 Å². The van der Waals surface area contributed by atoms with Gasteiger partial charge in [0.1, 0.15) is 18.4 Å². The van der Waals surface area contributed by atoms with E-state index in [9.17, 15) is 9.90 Å². The van der Waals surface area contributed by atoms with Crippen LogP contribution in [-0.4, -0.2) is 31.9 Å². The van der Waals surface area contributed by atoms with Crippen LogP contribution in [0.3, 0.4) is 0 Å². The van der Waals surface area contributed by atoms with Gasteiger partial charge in [0.25, 0.3) is 0 Å². The molecule has 1 aromatic rings. The van der Waals surface area contributed by atoms with E-state index in [2.05, 4.69) is 53.0 Å². The molecule has 1 heterocycles. The summed E-state index contributed by atoms with van der Waals surface area (Å²) in [7, 11) is -1.97. The highest BCUT2D eigenvalue weighted by Gasteiger charge is 2.39. The molecule has 5 nitrogen and oxygen atoms in total. The summed E-state index contributed by atoms with van der Waals surface area (Å²) in [6, 6.07) is 9.63. The minimum Gasteiger partial charge on any atom is -0.483 e. The number of ether oxygens (including phenoxy) is 1. The first-order valence-electron chi connectivity index (χ1n) is 10.6. The van der Waals surface area contributed by atoms with Crippen molar-refractivity contribution >= 4 is 14.1 Å². The molecule has 1 aliphatic rings. The quantitative estimate of drug-likeness (QED) is 0.573.